The highest BCUT2D eigenvalue weighted by Crippen LogP contribution is 2.13. The Morgan fingerprint density at radius 1 is 1.18 bits per heavy atom. The molecule has 0 aliphatic carbocycles. The van der Waals surface area contributed by atoms with E-state index in [0.29, 0.717) is 6.04 Å². The minimum Gasteiger partial charge on any atom is -0.367 e. The van der Waals surface area contributed by atoms with Gasteiger partial charge in [0.1, 0.15) is 5.82 Å². The van der Waals surface area contributed by atoms with E-state index in [9.17, 15) is 0 Å². The molecule has 2 N–H and O–H groups in total. The Bertz CT molecular complexity index is 334. The molecule has 1 aromatic heterocycles. The second-order valence-corrected chi connectivity index (χ2v) is 4.30. The maximum atomic E-state index is 4.47. The molecule has 0 unspecified atom stereocenters. The number of rotatable bonds is 7. The fraction of sp³-hybridized carbons (Fsp3) is 0.692. The van der Waals surface area contributed by atoms with Gasteiger partial charge in [0.15, 0.2) is 0 Å². The van der Waals surface area contributed by atoms with Crippen LogP contribution in [0.1, 0.15) is 45.7 Å². The standard InChI is InChI=1S/C13H24N4/c1-5-8-14-13-15-10(4)9-12(17-13)16-11(6-2)7-3/h9,11H,5-8H2,1-4H3,(H2,14,15,16,17). The second-order valence-electron chi connectivity index (χ2n) is 4.30. The molecule has 0 saturated carbocycles. The van der Waals surface area contributed by atoms with Crippen LogP contribution in [0.5, 0.6) is 0 Å². The second kappa shape index (κ2) is 7.09. The number of aromatic nitrogens is 2. The van der Waals surface area contributed by atoms with Gasteiger partial charge in [-0.15, -0.1) is 0 Å². The van der Waals surface area contributed by atoms with Gasteiger partial charge in [-0.05, 0) is 26.2 Å². The maximum absolute atomic E-state index is 4.47. The highest BCUT2D eigenvalue weighted by molar-refractivity contribution is 5.42. The number of hydrogen-bond donors (Lipinski definition) is 2. The van der Waals surface area contributed by atoms with E-state index in [1.165, 1.54) is 0 Å². The summed E-state index contributed by atoms with van der Waals surface area (Å²) >= 11 is 0. The summed E-state index contributed by atoms with van der Waals surface area (Å²) in [6.07, 6.45) is 3.29. The zero-order valence-electron chi connectivity index (χ0n) is 11.4. The molecular weight excluding hydrogens is 212 g/mol. The first kappa shape index (κ1) is 13.7. The lowest BCUT2D eigenvalue weighted by molar-refractivity contribution is 0.668. The third-order valence-corrected chi connectivity index (χ3v) is 2.72. The van der Waals surface area contributed by atoms with Gasteiger partial charge in [0.25, 0.3) is 0 Å². The predicted octanol–water partition coefficient (Wildman–Crippen LogP) is 3.21. The zero-order valence-corrected chi connectivity index (χ0v) is 11.4. The Morgan fingerprint density at radius 2 is 1.88 bits per heavy atom. The molecule has 1 aromatic rings. The van der Waals surface area contributed by atoms with E-state index < -0.39 is 0 Å². The van der Waals surface area contributed by atoms with Crippen molar-refractivity contribution in [1.82, 2.24) is 9.97 Å². The third kappa shape index (κ3) is 4.59. The largest absolute Gasteiger partial charge is 0.367 e. The fourth-order valence-corrected chi connectivity index (χ4v) is 1.66. The van der Waals surface area contributed by atoms with Gasteiger partial charge in [-0.1, -0.05) is 20.8 Å². The van der Waals surface area contributed by atoms with Crippen LogP contribution >= 0.6 is 0 Å². The van der Waals surface area contributed by atoms with Crippen LogP contribution in [0.25, 0.3) is 0 Å². The van der Waals surface area contributed by atoms with Crippen LogP contribution in [0.4, 0.5) is 11.8 Å². The van der Waals surface area contributed by atoms with E-state index in [1.54, 1.807) is 0 Å². The SMILES string of the molecule is CCCNc1nc(C)cc(NC(CC)CC)n1. The lowest BCUT2D eigenvalue weighted by Crippen LogP contribution is -2.18. The summed E-state index contributed by atoms with van der Waals surface area (Å²) in [7, 11) is 0. The molecule has 0 aliphatic rings. The van der Waals surface area contributed by atoms with E-state index in [2.05, 4.69) is 41.4 Å². The Kier molecular flexibility index (Phi) is 5.73. The molecule has 96 valence electrons. The molecule has 0 aliphatic heterocycles. The van der Waals surface area contributed by atoms with Crippen molar-refractivity contribution < 1.29 is 0 Å². The van der Waals surface area contributed by atoms with Crippen molar-refractivity contribution in [3.63, 3.8) is 0 Å². The molecule has 0 fully saturated rings. The van der Waals surface area contributed by atoms with Crippen LogP contribution in [-0.4, -0.2) is 22.6 Å². The summed E-state index contributed by atoms with van der Waals surface area (Å²) in [4.78, 5) is 8.84. The minimum atomic E-state index is 0.489. The van der Waals surface area contributed by atoms with Gasteiger partial charge >= 0.3 is 0 Å². The summed E-state index contributed by atoms with van der Waals surface area (Å²) in [5.41, 5.74) is 0.993. The molecule has 0 radical (unpaired) electrons. The maximum Gasteiger partial charge on any atom is 0.224 e. The summed E-state index contributed by atoms with van der Waals surface area (Å²) in [5, 5.41) is 6.67. The van der Waals surface area contributed by atoms with Crippen molar-refractivity contribution in [2.24, 2.45) is 0 Å². The number of nitrogens with one attached hydrogen (secondary N) is 2. The van der Waals surface area contributed by atoms with E-state index in [0.717, 1.165) is 43.3 Å². The predicted molar refractivity (Wildman–Crippen MR) is 73.5 cm³/mol. The Hall–Kier alpha value is -1.32. The summed E-state index contributed by atoms with van der Waals surface area (Å²) < 4.78 is 0. The Labute approximate surface area is 104 Å². The van der Waals surface area contributed by atoms with Crippen LogP contribution in [0, 0.1) is 6.92 Å². The molecule has 0 spiro atoms. The highest BCUT2D eigenvalue weighted by atomic mass is 15.1. The molecule has 0 aromatic carbocycles. The van der Waals surface area contributed by atoms with E-state index in [1.807, 2.05) is 13.0 Å². The molecule has 4 heteroatoms. The molecule has 1 heterocycles. The number of aryl methyl sites for hydroxylation is 1. The topological polar surface area (TPSA) is 49.8 Å². The van der Waals surface area contributed by atoms with Crippen molar-refractivity contribution in [3.05, 3.63) is 11.8 Å². The third-order valence-electron chi connectivity index (χ3n) is 2.72. The average Bonchev–Trinajstić information content (AvgIpc) is 2.32. The van der Waals surface area contributed by atoms with Gasteiger partial charge in [0.05, 0.1) is 0 Å². The van der Waals surface area contributed by atoms with Gasteiger partial charge in [-0.25, -0.2) is 4.98 Å². The minimum absolute atomic E-state index is 0.489. The molecule has 0 amide bonds. The van der Waals surface area contributed by atoms with Gasteiger partial charge in [-0.3, -0.25) is 0 Å². The van der Waals surface area contributed by atoms with Gasteiger partial charge in [-0.2, -0.15) is 4.98 Å². The normalized spacial score (nSPS) is 10.6. The van der Waals surface area contributed by atoms with Crippen molar-refractivity contribution in [2.75, 3.05) is 17.2 Å². The fourth-order valence-electron chi connectivity index (χ4n) is 1.66. The van der Waals surface area contributed by atoms with Crippen LogP contribution in [0.15, 0.2) is 6.07 Å². The molecule has 0 atom stereocenters. The van der Waals surface area contributed by atoms with Gasteiger partial charge in [0.2, 0.25) is 5.95 Å². The molecule has 0 bridgehead atoms. The van der Waals surface area contributed by atoms with E-state index >= 15 is 0 Å². The van der Waals surface area contributed by atoms with Crippen molar-refractivity contribution in [1.29, 1.82) is 0 Å². The number of anilines is 2. The first-order valence-corrected chi connectivity index (χ1v) is 6.55. The van der Waals surface area contributed by atoms with Crippen LogP contribution < -0.4 is 10.6 Å². The van der Waals surface area contributed by atoms with E-state index in [-0.39, 0.29) is 0 Å². The Balaban J connectivity index is 2.74. The molecule has 4 nitrogen and oxygen atoms in total. The molecular formula is C13H24N4. The lowest BCUT2D eigenvalue weighted by Gasteiger charge is -2.16. The van der Waals surface area contributed by atoms with Crippen LogP contribution in [0.2, 0.25) is 0 Å². The van der Waals surface area contributed by atoms with Gasteiger partial charge < -0.3 is 10.6 Å². The lowest BCUT2D eigenvalue weighted by atomic mass is 10.2. The number of nitrogens with zero attached hydrogens (tertiary/aromatic N) is 2. The van der Waals surface area contributed by atoms with Crippen molar-refractivity contribution in [3.8, 4) is 0 Å². The summed E-state index contributed by atoms with van der Waals surface area (Å²) in [5.74, 6) is 1.64. The van der Waals surface area contributed by atoms with Crippen LogP contribution in [0.3, 0.4) is 0 Å². The molecule has 17 heavy (non-hydrogen) atoms. The Morgan fingerprint density at radius 3 is 2.47 bits per heavy atom. The van der Waals surface area contributed by atoms with Crippen molar-refractivity contribution >= 4 is 11.8 Å². The quantitative estimate of drug-likeness (QED) is 0.763. The summed E-state index contributed by atoms with van der Waals surface area (Å²) in [6.45, 7) is 9.41. The average molecular weight is 236 g/mol. The van der Waals surface area contributed by atoms with Crippen molar-refractivity contribution in [2.45, 2.75) is 53.0 Å². The smallest absolute Gasteiger partial charge is 0.224 e. The zero-order chi connectivity index (χ0) is 12.7. The van der Waals surface area contributed by atoms with Crippen LogP contribution in [-0.2, 0) is 0 Å². The number of hydrogen-bond acceptors (Lipinski definition) is 4. The molecule has 1 rings (SSSR count). The highest BCUT2D eigenvalue weighted by Gasteiger charge is 2.06. The van der Waals surface area contributed by atoms with E-state index in [4.69, 9.17) is 0 Å². The van der Waals surface area contributed by atoms with Gasteiger partial charge in [0, 0.05) is 24.3 Å². The first-order chi connectivity index (χ1) is 8.19. The molecule has 0 saturated heterocycles. The summed E-state index contributed by atoms with van der Waals surface area (Å²) in [6, 6.07) is 2.48. The first-order valence-electron chi connectivity index (χ1n) is 6.55. The monoisotopic (exact) mass is 236 g/mol.